The van der Waals surface area contributed by atoms with E-state index in [2.05, 4.69) is 18.8 Å². The Hall–Kier alpha value is -1.46. The second-order valence-corrected chi connectivity index (χ2v) is 8.84. The molecule has 13 heteroatoms. The highest BCUT2D eigenvalue weighted by atomic mass is 32.2. The number of rotatable bonds is 9. The second-order valence-electron chi connectivity index (χ2n) is 7.24. The van der Waals surface area contributed by atoms with Gasteiger partial charge in [0.05, 0.1) is 44.6 Å². The van der Waals surface area contributed by atoms with E-state index in [0.717, 1.165) is 7.11 Å². The van der Waals surface area contributed by atoms with Gasteiger partial charge in [-0.15, -0.1) is 0 Å². The first-order valence-electron chi connectivity index (χ1n) is 9.35. The lowest BCUT2D eigenvalue weighted by Gasteiger charge is -2.33. The molecule has 0 aromatic carbocycles. The average Bonchev–Trinajstić information content (AvgIpc) is 3.01. The Morgan fingerprint density at radius 2 is 2.00 bits per heavy atom. The van der Waals surface area contributed by atoms with Crippen LogP contribution in [0.25, 0.3) is 4.85 Å². The van der Waals surface area contributed by atoms with Gasteiger partial charge in [0, 0.05) is 19.3 Å². The maximum Gasteiger partial charge on any atom is 0.523 e. The number of carbonyl (C=O) groups excluding carboxylic acids is 1. The maximum atomic E-state index is 12.6. The molecule has 2 aliphatic rings. The van der Waals surface area contributed by atoms with Crippen molar-refractivity contribution in [1.82, 2.24) is 0 Å². The first-order chi connectivity index (χ1) is 14.0. The van der Waals surface area contributed by atoms with Crippen LogP contribution in [-0.2, 0) is 38.3 Å². The van der Waals surface area contributed by atoms with Crippen molar-refractivity contribution in [1.29, 1.82) is 0 Å². The summed E-state index contributed by atoms with van der Waals surface area (Å²) in [6, 6.07) is -0.297. The molecule has 2 fully saturated rings. The highest BCUT2D eigenvalue weighted by Gasteiger charge is 2.52. The number of carbonyl (C=O) groups is 1. The topological polar surface area (TPSA) is 102 Å². The summed E-state index contributed by atoms with van der Waals surface area (Å²) in [4.78, 5) is 23.6. The van der Waals surface area contributed by atoms with Crippen LogP contribution in [-0.4, -0.2) is 64.1 Å². The van der Waals surface area contributed by atoms with Gasteiger partial charge in [-0.25, -0.2) is 11.4 Å². The number of hydrogen-bond acceptors (Lipinski definition) is 8. The molecule has 0 radical (unpaired) electrons. The molecule has 0 N–H and O–H groups in total. The molecule has 1 unspecified atom stereocenters. The van der Waals surface area contributed by atoms with Crippen molar-refractivity contribution in [3.05, 3.63) is 11.4 Å². The van der Waals surface area contributed by atoms with Crippen molar-refractivity contribution in [3.63, 3.8) is 0 Å². The average molecular weight is 459 g/mol. The lowest BCUT2D eigenvalue weighted by Crippen LogP contribution is -2.42. The number of fused-ring (bicyclic) bond motifs is 1. The number of hydrogen-bond donors (Lipinski definition) is 0. The van der Waals surface area contributed by atoms with Gasteiger partial charge in [-0.1, -0.05) is 0 Å². The normalized spacial score (nSPS) is 30.3. The van der Waals surface area contributed by atoms with Gasteiger partial charge in [-0.3, -0.25) is 9.07 Å². The SMILES string of the molecule is [C-]#[N+][C@H](C)C[C@H]1CC[C@@H]2O[C@@H](CCC(=O)OOC)[C@@H](COS(=O)(=O)C(F)(F)F)C2O1. The third-order valence-electron chi connectivity index (χ3n) is 5.07. The summed E-state index contributed by atoms with van der Waals surface area (Å²) < 4.78 is 76.6. The highest BCUT2D eigenvalue weighted by Crippen LogP contribution is 2.40. The summed E-state index contributed by atoms with van der Waals surface area (Å²) >= 11 is 0. The first-order valence-corrected chi connectivity index (χ1v) is 10.8. The first kappa shape index (κ1) is 24.8. The molecule has 0 aliphatic carbocycles. The van der Waals surface area contributed by atoms with Gasteiger partial charge < -0.3 is 14.3 Å². The van der Waals surface area contributed by atoms with Crippen LogP contribution in [0.5, 0.6) is 0 Å². The van der Waals surface area contributed by atoms with Crippen molar-refractivity contribution in [2.24, 2.45) is 5.92 Å². The summed E-state index contributed by atoms with van der Waals surface area (Å²) in [6.07, 6.45) is -0.812. The summed E-state index contributed by atoms with van der Waals surface area (Å²) in [6.45, 7) is 7.99. The molecule has 2 saturated heterocycles. The molecule has 172 valence electrons. The highest BCUT2D eigenvalue weighted by molar-refractivity contribution is 7.87. The van der Waals surface area contributed by atoms with Crippen LogP contribution in [0.1, 0.15) is 39.0 Å². The number of nitrogens with zero attached hydrogens (tertiary/aromatic N) is 1. The molecule has 2 aliphatic heterocycles. The molecular formula is C17H24F3NO8S. The minimum atomic E-state index is -5.79. The minimum Gasteiger partial charge on any atom is -0.372 e. The van der Waals surface area contributed by atoms with Crippen molar-refractivity contribution in [2.45, 2.75) is 75.0 Å². The van der Waals surface area contributed by atoms with Crippen LogP contribution < -0.4 is 0 Å². The van der Waals surface area contributed by atoms with Crippen LogP contribution >= 0.6 is 0 Å². The summed E-state index contributed by atoms with van der Waals surface area (Å²) in [5, 5.41) is 0. The summed E-state index contributed by atoms with van der Waals surface area (Å²) in [7, 11) is -4.64. The molecule has 30 heavy (non-hydrogen) atoms. The number of alkyl halides is 3. The van der Waals surface area contributed by atoms with Crippen molar-refractivity contribution < 1.29 is 49.8 Å². The van der Waals surface area contributed by atoms with Crippen LogP contribution in [0.4, 0.5) is 13.2 Å². The molecule has 2 rings (SSSR count). The molecular weight excluding hydrogens is 435 g/mol. The zero-order valence-corrected chi connectivity index (χ0v) is 17.3. The zero-order chi connectivity index (χ0) is 22.5. The molecule has 0 bridgehead atoms. The predicted molar refractivity (Wildman–Crippen MR) is 94.0 cm³/mol. The van der Waals surface area contributed by atoms with Crippen LogP contribution in [0.3, 0.4) is 0 Å². The van der Waals surface area contributed by atoms with Gasteiger partial charge >= 0.3 is 21.6 Å². The van der Waals surface area contributed by atoms with Crippen LogP contribution in [0.15, 0.2) is 0 Å². The monoisotopic (exact) mass is 459 g/mol. The van der Waals surface area contributed by atoms with E-state index in [0.29, 0.717) is 19.3 Å². The minimum absolute atomic E-state index is 0.0573. The maximum absolute atomic E-state index is 12.6. The van der Waals surface area contributed by atoms with E-state index in [1.807, 2.05) is 0 Å². The lowest BCUT2D eigenvalue weighted by atomic mass is 9.89. The van der Waals surface area contributed by atoms with Gasteiger partial charge in [-0.05, 0) is 19.3 Å². The van der Waals surface area contributed by atoms with E-state index < -0.39 is 52.4 Å². The predicted octanol–water partition coefficient (Wildman–Crippen LogP) is 2.37. The smallest absolute Gasteiger partial charge is 0.372 e. The Kier molecular flexibility index (Phi) is 8.46. The zero-order valence-electron chi connectivity index (χ0n) is 16.5. The second kappa shape index (κ2) is 10.2. The summed E-state index contributed by atoms with van der Waals surface area (Å²) in [5.74, 6) is -1.56. The molecule has 0 amide bonds. The summed E-state index contributed by atoms with van der Waals surface area (Å²) in [5.41, 5.74) is -5.55. The van der Waals surface area contributed by atoms with Crippen molar-refractivity contribution in [2.75, 3.05) is 13.7 Å². The molecule has 0 saturated carbocycles. The fourth-order valence-corrected chi connectivity index (χ4v) is 4.14. The Morgan fingerprint density at radius 3 is 2.60 bits per heavy atom. The molecule has 0 aromatic rings. The van der Waals surface area contributed by atoms with Gasteiger partial charge in [0.25, 0.3) is 0 Å². The third-order valence-corrected chi connectivity index (χ3v) is 6.08. The third kappa shape index (κ3) is 6.27. The molecule has 9 nitrogen and oxygen atoms in total. The lowest BCUT2D eigenvalue weighted by molar-refractivity contribution is -0.255. The Morgan fingerprint density at radius 1 is 1.30 bits per heavy atom. The fraction of sp³-hybridized carbons (Fsp3) is 0.882. The quantitative estimate of drug-likeness (QED) is 0.170. The van der Waals surface area contributed by atoms with Gasteiger partial charge in [0.2, 0.25) is 6.04 Å². The fourth-order valence-electron chi connectivity index (χ4n) is 3.67. The van der Waals surface area contributed by atoms with E-state index in [9.17, 15) is 26.4 Å². The van der Waals surface area contributed by atoms with Gasteiger partial charge in [-0.2, -0.15) is 26.5 Å². The standard InChI is InChI=1S/C17H24F3NO8S/c1-10(21-2)8-11-4-5-14-16(27-11)12(9-26-30(23,24)17(18,19)20)13(28-14)6-7-15(22)29-25-3/h10-14,16H,4-9H2,1,3H3/t10-,11-,12-,13+,14+,16?/m1/s1. The molecule has 6 atom stereocenters. The van der Waals surface area contributed by atoms with Gasteiger partial charge in [0.1, 0.15) is 0 Å². The molecule has 0 spiro atoms. The number of ether oxygens (including phenoxy) is 2. The molecule has 0 aromatic heterocycles. The molecule has 2 heterocycles. The van der Waals surface area contributed by atoms with E-state index in [-0.39, 0.29) is 25.0 Å². The van der Waals surface area contributed by atoms with E-state index in [1.165, 1.54) is 0 Å². The van der Waals surface area contributed by atoms with E-state index in [1.54, 1.807) is 6.92 Å². The van der Waals surface area contributed by atoms with Crippen LogP contribution in [0.2, 0.25) is 0 Å². The Bertz CT molecular complexity index is 738. The van der Waals surface area contributed by atoms with Crippen molar-refractivity contribution in [3.8, 4) is 0 Å². The van der Waals surface area contributed by atoms with Crippen LogP contribution in [0, 0.1) is 12.5 Å². The largest absolute Gasteiger partial charge is 0.523 e. The van der Waals surface area contributed by atoms with E-state index in [4.69, 9.17) is 16.0 Å². The van der Waals surface area contributed by atoms with E-state index >= 15 is 0 Å². The van der Waals surface area contributed by atoms with Gasteiger partial charge in [0.15, 0.2) is 0 Å². The van der Waals surface area contributed by atoms with Crippen molar-refractivity contribution >= 4 is 16.1 Å². The Labute approximate surface area is 172 Å². The Balaban J connectivity index is 2.11. The number of halogens is 3.